The topological polar surface area (TPSA) is 74.8 Å². The van der Waals surface area contributed by atoms with Crippen LogP contribution in [0.3, 0.4) is 0 Å². The highest BCUT2D eigenvalue weighted by molar-refractivity contribution is 7.94. The van der Waals surface area contributed by atoms with Gasteiger partial charge in [-0.05, 0) is 6.07 Å². The van der Waals surface area contributed by atoms with Crippen molar-refractivity contribution in [3.8, 4) is 0 Å². The largest absolute Gasteiger partial charge is 0.434 e. The molecule has 0 aliphatic rings. The zero-order chi connectivity index (χ0) is 16.8. The molecule has 23 heavy (non-hydrogen) atoms. The number of sulfonamides is 1. The fraction of sp³-hybridized carbons (Fsp3) is 0.0833. The summed E-state index contributed by atoms with van der Waals surface area (Å²) in [4.78, 5) is 5.95. The molecule has 0 atom stereocenters. The first-order chi connectivity index (χ1) is 10.7. The first-order valence-corrected chi connectivity index (χ1v) is 8.74. The molecule has 0 unspecified atom stereocenters. The van der Waals surface area contributed by atoms with Gasteiger partial charge in [0.25, 0.3) is 10.0 Å². The minimum absolute atomic E-state index is 0.165. The zero-order valence-corrected chi connectivity index (χ0v) is 13.4. The third-order valence-electron chi connectivity index (χ3n) is 2.91. The van der Waals surface area contributed by atoms with Crippen molar-refractivity contribution < 1.29 is 21.6 Å². The minimum atomic E-state index is -4.70. The molecule has 5 nitrogen and oxygen atoms in total. The molecular formula is C12H7ClF3N3O2S2. The molecule has 11 heteroatoms. The van der Waals surface area contributed by atoms with Gasteiger partial charge in [0.2, 0.25) is 4.34 Å². The van der Waals surface area contributed by atoms with Crippen molar-refractivity contribution in [1.29, 1.82) is 0 Å². The van der Waals surface area contributed by atoms with Gasteiger partial charge in [-0.2, -0.15) is 21.6 Å². The number of halogens is 4. The first kappa shape index (κ1) is 16.1. The van der Waals surface area contributed by atoms with Crippen molar-refractivity contribution >= 4 is 49.6 Å². The third kappa shape index (κ3) is 3.01. The second-order valence-corrected chi connectivity index (χ2v) is 7.59. The zero-order valence-electron chi connectivity index (χ0n) is 11.0. The molecular weight excluding hydrogens is 375 g/mol. The lowest BCUT2D eigenvalue weighted by Crippen LogP contribution is -2.14. The average molecular weight is 382 g/mol. The molecule has 0 fully saturated rings. The van der Waals surface area contributed by atoms with Crippen LogP contribution in [0.1, 0.15) is 5.69 Å². The maximum atomic E-state index is 12.5. The van der Waals surface area contributed by atoms with Crippen molar-refractivity contribution in [2.45, 2.75) is 10.5 Å². The molecule has 2 N–H and O–H groups in total. The number of alkyl halides is 3. The van der Waals surface area contributed by atoms with E-state index < -0.39 is 26.2 Å². The van der Waals surface area contributed by atoms with Crippen LogP contribution < -0.4 is 4.72 Å². The predicted octanol–water partition coefficient (Wildman–Crippen LogP) is 4.10. The Hall–Kier alpha value is -1.78. The Kier molecular flexibility index (Phi) is 3.77. The average Bonchev–Trinajstić information content (AvgIpc) is 3.07. The Morgan fingerprint density at radius 1 is 1.30 bits per heavy atom. The van der Waals surface area contributed by atoms with E-state index in [2.05, 4.69) is 14.7 Å². The molecule has 0 bridgehead atoms. The van der Waals surface area contributed by atoms with Crippen LogP contribution in [-0.4, -0.2) is 18.4 Å². The molecule has 1 aromatic carbocycles. The van der Waals surface area contributed by atoms with Crippen LogP contribution in [0.5, 0.6) is 0 Å². The number of aromatic nitrogens is 2. The number of rotatable bonds is 3. The summed E-state index contributed by atoms with van der Waals surface area (Å²) >= 11 is 6.34. The SMILES string of the molecule is O=S(=O)(Nc1cccc2c(Cl)c[nH]c12)c1nc(C(F)(F)F)cs1. The van der Waals surface area contributed by atoms with Gasteiger partial charge in [-0.1, -0.05) is 23.7 Å². The molecule has 0 amide bonds. The smallest absolute Gasteiger partial charge is 0.358 e. The van der Waals surface area contributed by atoms with Gasteiger partial charge in [-0.3, -0.25) is 4.72 Å². The van der Waals surface area contributed by atoms with E-state index in [0.29, 0.717) is 32.6 Å². The van der Waals surface area contributed by atoms with Crippen LogP contribution in [0.25, 0.3) is 10.9 Å². The quantitative estimate of drug-likeness (QED) is 0.717. The maximum absolute atomic E-state index is 12.5. The van der Waals surface area contributed by atoms with E-state index in [-0.39, 0.29) is 5.69 Å². The summed E-state index contributed by atoms with van der Waals surface area (Å²) in [5.41, 5.74) is -0.657. The number of hydrogen-bond donors (Lipinski definition) is 2. The summed E-state index contributed by atoms with van der Waals surface area (Å²) in [5.74, 6) is 0. The number of hydrogen-bond acceptors (Lipinski definition) is 4. The number of fused-ring (bicyclic) bond motifs is 1. The number of thiazole rings is 1. The highest BCUT2D eigenvalue weighted by Gasteiger charge is 2.35. The normalized spacial score (nSPS) is 12.7. The van der Waals surface area contributed by atoms with E-state index in [1.54, 1.807) is 12.1 Å². The summed E-state index contributed by atoms with van der Waals surface area (Å²) in [5, 5.41) is 1.64. The van der Waals surface area contributed by atoms with Crippen molar-refractivity contribution in [3.63, 3.8) is 0 Å². The summed E-state index contributed by atoms with van der Waals surface area (Å²) in [6.45, 7) is 0. The Morgan fingerprint density at radius 2 is 2.04 bits per heavy atom. The number of H-pyrrole nitrogens is 1. The molecule has 0 radical (unpaired) electrons. The van der Waals surface area contributed by atoms with Crippen LogP contribution >= 0.6 is 22.9 Å². The van der Waals surface area contributed by atoms with Gasteiger partial charge in [0.1, 0.15) is 0 Å². The molecule has 0 aliphatic heterocycles. The molecule has 2 heterocycles. The fourth-order valence-corrected chi connectivity index (χ4v) is 4.21. The second kappa shape index (κ2) is 5.39. The van der Waals surface area contributed by atoms with Crippen molar-refractivity contribution in [3.05, 3.63) is 40.5 Å². The van der Waals surface area contributed by atoms with E-state index in [9.17, 15) is 21.6 Å². The molecule has 122 valence electrons. The highest BCUT2D eigenvalue weighted by Crippen LogP contribution is 2.33. The molecule has 0 aliphatic carbocycles. The summed E-state index contributed by atoms with van der Waals surface area (Å²) < 4.78 is 63.6. The number of nitrogens with zero attached hydrogens (tertiary/aromatic N) is 1. The van der Waals surface area contributed by atoms with Crippen LogP contribution in [0.15, 0.2) is 34.1 Å². The van der Waals surface area contributed by atoms with E-state index in [4.69, 9.17) is 11.6 Å². The third-order valence-corrected chi connectivity index (χ3v) is 5.85. The maximum Gasteiger partial charge on any atom is 0.434 e. The van der Waals surface area contributed by atoms with Crippen molar-refractivity contribution in [1.82, 2.24) is 9.97 Å². The Morgan fingerprint density at radius 3 is 2.70 bits per heavy atom. The lowest BCUT2D eigenvalue weighted by molar-refractivity contribution is -0.141. The summed E-state index contributed by atoms with van der Waals surface area (Å²) in [7, 11) is -4.24. The molecule has 0 saturated heterocycles. The molecule has 0 saturated carbocycles. The lowest BCUT2D eigenvalue weighted by Gasteiger charge is -2.07. The number of aromatic amines is 1. The summed E-state index contributed by atoms with van der Waals surface area (Å²) in [6, 6.07) is 4.71. The highest BCUT2D eigenvalue weighted by atomic mass is 35.5. The second-order valence-electron chi connectivity index (χ2n) is 4.47. The van der Waals surface area contributed by atoms with Gasteiger partial charge >= 0.3 is 6.18 Å². The number of benzene rings is 1. The lowest BCUT2D eigenvalue weighted by atomic mass is 10.2. The monoisotopic (exact) mass is 381 g/mol. The molecule has 3 rings (SSSR count). The van der Waals surface area contributed by atoms with E-state index in [1.165, 1.54) is 12.3 Å². The van der Waals surface area contributed by atoms with Crippen molar-refractivity contribution in [2.24, 2.45) is 0 Å². The van der Waals surface area contributed by atoms with Gasteiger partial charge in [0.05, 0.1) is 16.2 Å². The van der Waals surface area contributed by atoms with Crippen LogP contribution in [0, 0.1) is 0 Å². The number of nitrogens with one attached hydrogen (secondary N) is 2. The predicted molar refractivity (Wildman–Crippen MR) is 81.2 cm³/mol. The molecule has 3 aromatic rings. The Labute approximate surface area is 137 Å². The van der Waals surface area contributed by atoms with E-state index >= 15 is 0 Å². The van der Waals surface area contributed by atoms with Crippen molar-refractivity contribution in [2.75, 3.05) is 4.72 Å². The van der Waals surface area contributed by atoms with Crippen LogP contribution in [0.4, 0.5) is 18.9 Å². The summed E-state index contributed by atoms with van der Waals surface area (Å²) in [6.07, 6.45) is -3.22. The van der Waals surface area contributed by atoms with Gasteiger partial charge in [0, 0.05) is 17.0 Å². The Bertz CT molecular complexity index is 979. The first-order valence-electron chi connectivity index (χ1n) is 5.99. The molecule has 2 aromatic heterocycles. The van der Waals surface area contributed by atoms with Crippen LogP contribution in [0.2, 0.25) is 5.02 Å². The van der Waals surface area contributed by atoms with Gasteiger partial charge in [-0.15, -0.1) is 11.3 Å². The number of anilines is 1. The van der Waals surface area contributed by atoms with Crippen LogP contribution in [-0.2, 0) is 16.2 Å². The fourth-order valence-electron chi connectivity index (χ4n) is 1.90. The standard InChI is InChI=1S/C12H7ClF3N3O2S2/c13-7-4-17-10-6(7)2-1-3-8(10)19-23(20,21)11-18-9(5-22-11)12(14,15)16/h1-5,17,19H. The van der Waals surface area contributed by atoms with Gasteiger partial charge < -0.3 is 4.98 Å². The van der Waals surface area contributed by atoms with Gasteiger partial charge in [0.15, 0.2) is 5.69 Å². The number of para-hydroxylation sites is 1. The van der Waals surface area contributed by atoms with Gasteiger partial charge in [-0.25, -0.2) is 4.98 Å². The Balaban J connectivity index is 1.99. The minimum Gasteiger partial charge on any atom is -0.358 e. The van der Waals surface area contributed by atoms with E-state index in [1.807, 2.05) is 0 Å². The molecule has 0 spiro atoms. The van der Waals surface area contributed by atoms with E-state index in [0.717, 1.165) is 0 Å².